The third kappa shape index (κ3) is 3.39. The van der Waals surface area contributed by atoms with Crippen molar-refractivity contribution in [3.8, 4) is 11.3 Å². The first-order valence-corrected chi connectivity index (χ1v) is 8.68. The number of rotatable bonds is 6. The first-order chi connectivity index (χ1) is 11.4. The number of hydrogen-bond donors (Lipinski definition) is 2. The van der Waals surface area contributed by atoms with Crippen LogP contribution >= 0.6 is 22.9 Å². The van der Waals surface area contributed by atoms with E-state index in [2.05, 4.69) is 10.1 Å². The standard InChI is InChI=1S/C16H19ClN4O2S/c1-16(9-22,10-23)8-20(2)15-19-21-7-13(18-14(21)24-15)11-3-5-12(17)6-4-11/h3-7,22-23H,8-10H2,1-2H3. The van der Waals surface area contributed by atoms with Crippen LogP contribution in [0.5, 0.6) is 0 Å². The first kappa shape index (κ1) is 17.2. The number of aliphatic hydroxyl groups excluding tert-OH is 2. The van der Waals surface area contributed by atoms with Crippen molar-refractivity contribution in [3.05, 3.63) is 35.5 Å². The van der Waals surface area contributed by atoms with Gasteiger partial charge >= 0.3 is 0 Å². The number of hydrogen-bond acceptors (Lipinski definition) is 6. The van der Waals surface area contributed by atoms with Crippen LogP contribution in [-0.4, -0.2) is 51.6 Å². The number of benzene rings is 1. The van der Waals surface area contributed by atoms with Crippen LogP contribution in [0.2, 0.25) is 5.02 Å². The minimum atomic E-state index is -0.572. The normalized spacial score (nSPS) is 12.0. The lowest BCUT2D eigenvalue weighted by atomic mass is 9.93. The van der Waals surface area contributed by atoms with E-state index in [1.54, 1.807) is 4.52 Å². The number of halogens is 1. The van der Waals surface area contributed by atoms with Crippen molar-refractivity contribution in [2.75, 3.05) is 31.7 Å². The van der Waals surface area contributed by atoms with Crippen LogP contribution in [0.4, 0.5) is 5.13 Å². The lowest BCUT2D eigenvalue weighted by molar-refractivity contribution is 0.0762. The highest BCUT2D eigenvalue weighted by atomic mass is 35.5. The van der Waals surface area contributed by atoms with E-state index >= 15 is 0 Å². The number of fused-ring (bicyclic) bond motifs is 1. The lowest BCUT2D eigenvalue weighted by Crippen LogP contribution is -2.39. The molecule has 0 saturated heterocycles. The lowest BCUT2D eigenvalue weighted by Gasteiger charge is -2.29. The first-order valence-electron chi connectivity index (χ1n) is 7.49. The fourth-order valence-corrected chi connectivity index (χ4v) is 3.36. The Bertz CT molecular complexity index is 795. The topological polar surface area (TPSA) is 73.9 Å². The number of aromatic nitrogens is 3. The number of imidazole rings is 1. The highest BCUT2D eigenvalue weighted by Gasteiger charge is 2.26. The summed E-state index contributed by atoms with van der Waals surface area (Å²) < 4.78 is 1.75. The second kappa shape index (κ2) is 6.68. The molecule has 0 fully saturated rings. The van der Waals surface area contributed by atoms with Crippen LogP contribution in [0.3, 0.4) is 0 Å². The summed E-state index contributed by atoms with van der Waals surface area (Å²) in [6.45, 7) is 2.16. The van der Waals surface area contributed by atoms with Gasteiger partial charge in [-0.3, -0.25) is 0 Å². The summed E-state index contributed by atoms with van der Waals surface area (Å²) in [4.78, 5) is 7.32. The molecular weight excluding hydrogens is 348 g/mol. The van der Waals surface area contributed by atoms with Gasteiger partial charge in [0.1, 0.15) is 0 Å². The van der Waals surface area contributed by atoms with Crippen LogP contribution in [0, 0.1) is 5.41 Å². The molecule has 0 radical (unpaired) electrons. The molecule has 0 bridgehead atoms. The third-order valence-electron chi connectivity index (χ3n) is 3.88. The van der Waals surface area contributed by atoms with Gasteiger partial charge in [0, 0.05) is 29.6 Å². The summed E-state index contributed by atoms with van der Waals surface area (Å²) in [5.74, 6) is 0. The molecule has 3 rings (SSSR count). The van der Waals surface area contributed by atoms with Gasteiger partial charge in [-0.15, -0.1) is 5.10 Å². The minimum absolute atomic E-state index is 0.0862. The van der Waals surface area contributed by atoms with Gasteiger partial charge in [0.2, 0.25) is 10.1 Å². The Kier molecular flexibility index (Phi) is 4.78. The van der Waals surface area contributed by atoms with E-state index in [1.807, 2.05) is 49.3 Å². The van der Waals surface area contributed by atoms with Crippen molar-refractivity contribution in [1.29, 1.82) is 0 Å². The maximum atomic E-state index is 9.43. The van der Waals surface area contributed by atoms with Crippen molar-refractivity contribution < 1.29 is 10.2 Å². The van der Waals surface area contributed by atoms with Crippen molar-refractivity contribution in [2.45, 2.75) is 6.92 Å². The maximum absolute atomic E-state index is 9.43. The highest BCUT2D eigenvalue weighted by Crippen LogP contribution is 2.28. The van der Waals surface area contributed by atoms with Gasteiger partial charge in [-0.1, -0.05) is 42.0 Å². The molecule has 6 nitrogen and oxygen atoms in total. The van der Waals surface area contributed by atoms with Crippen LogP contribution in [0.15, 0.2) is 30.5 Å². The number of aliphatic hydroxyl groups is 2. The zero-order valence-electron chi connectivity index (χ0n) is 13.5. The largest absolute Gasteiger partial charge is 0.396 e. The van der Waals surface area contributed by atoms with Gasteiger partial charge < -0.3 is 15.1 Å². The fraction of sp³-hybridized carbons (Fsp3) is 0.375. The molecule has 3 aromatic rings. The van der Waals surface area contributed by atoms with Gasteiger partial charge in [-0.05, 0) is 12.1 Å². The van der Waals surface area contributed by atoms with Gasteiger partial charge in [0.15, 0.2) is 0 Å². The van der Waals surface area contributed by atoms with Crippen molar-refractivity contribution in [2.24, 2.45) is 5.41 Å². The Morgan fingerprint density at radius 2 is 1.92 bits per heavy atom. The van der Waals surface area contributed by atoms with E-state index in [4.69, 9.17) is 11.6 Å². The summed E-state index contributed by atoms with van der Waals surface area (Å²) in [5, 5.41) is 24.9. The van der Waals surface area contributed by atoms with E-state index in [0.29, 0.717) is 11.6 Å². The van der Waals surface area contributed by atoms with Gasteiger partial charge in [-0.25, -0.2) is 9.50 Å². The van der Waals surface area contributed by atoms with E-state index in [9.17, 15) is 10.2 Å². The number of anilines is 1. The molecule has 0 unspecified atom stereocenters. The van der Waals surface area contributed by atoms with Crippen molar-refractivity contribution in [1.82, 2.24) is 14.6 Å². The molecule has 128 valence electrons. The Morgan fingerprint density at radius 1 is 1.25 bits per heavy atom. The molecule has 2 heterocycles. The summed E-state index contributed by atoms with van der Waals surface area (Å²) >= 11 is 7.37. The molecule has 0 aliphatic rings. The molecule has 2 N–H and O–H groups in total. The molecular formula is C16H19ClN4O2S. The predicted octanol–water partition coefficient (Wildman–Crippen LogP) is 2.54. The fourth-order valence-electron chi connectivity index (χ4n) is 2.39. The van der Waals surface area contributed by atoms with Gasteiger partial charge in [0.05, 0.1) is 25.1 Å². The summed E-state index contributed by atoms with van der Waals surface area (Å²) in [5.41, 5.74) is 1.26. The molecule has 0 saturated carbocycles. The van der Waals surface area contributed by atoms with Gasteiger partial charge in [0.25, 0.3) is 0 Å². The van der Waals surface area contributed by atoms with Gasteiger partial charge in [-0.2, -0.15) is 0 Å². The second-order valence-corrected chi connectivity index (χ2v) is 7.60. The zero-order chi connectivity index (χ0) is 17.3. The average molecular weight is 367 g/mol. The SMILES string of the molecule is CN(CC(C)(CO)CO)c1nn2cc(-c3ccc(Cl)cc3)nc2s1. The van der Waals surface area contributed by atoms with Crippen molar-refractivity contribution in [3.63, 3.8) is 0 Å². The molecule has 0 aliphatic heterocycles. The molecule has 0 spiro atoms. The van der Waals surface area contributed by atoms with E-state index in [1.165, 1.54) is 11.3 Å². The van der Waals surface area contributed by atoms with Crippen LogP contribution in [0.25, 0.3) is 16.2 Å². The summed E-state index contributed by atoms with van der Waals surface area (Å²) in [6, 6.07) is 7.52. The van der Waals surface area contributed by atoms with Crippen molar-refractivity contribution >= 4 is 33.0 Å². The predicted molar refractivity (Wildman–Crippen MR) is 96.9 cm³/mol. The zero-order valence-corrected chi connectivity index (χ0v) is 15.0. The Labute approximate surface area is 148 Å². The Morgan fingerprint density at radius 3 is 2.50 bits per heavy atom. The third-order valence-corrected chi connectivity index (χ3v) is 5.17. The molecule has 0 aliphatic carbocycles. The quantitative estimate of drug-likeness (QED) is 0.701. The van der Waals surface area contributed by atoms with E-state index < -0.39 is 5.41 Å². The average Bonchev–Trinajstić information content (AvgIpc) is 3.14. The molecule has 2 aromatic heterocycles. The Balaban J connectivity index is 1.83. The smallest absolute Gasteiger partial charge is 0.214 e. The van der Waals surface area contributed by atoms with Crippen LogP contribution < -0.4 is 4.90 Å². The molecule has 8 heteroatoms. The minimum Gasteiger partial charge on any atom is -0.396 e. The summed E-state index contributed by atoms with van der Waals surface area (Å²) in [7, 11) is 1.89. The molecule has 24 heavy (non-hydrogen) atoms. The monoisotopic (exact) mass is 366 g/mol. The molecule has 0 amide bonds. The summed E-state index contributed by atoms with van der Waals surface area (Å²) in [6.07, 6.45) is 1.88. The van der Waals surface area contributed by atoms with Crippen LogP contribution in [-0.2, 0) is 0 Å². The highest BCUT2D eigenvalue weighted by molar-refractivity contribution is 7.20. The van der Waals surface area contributed by atoms with E-state index in [-0.39, 0.29) is 13.2 Å². The number of nitrogens with zero attached hydrogens (tertiary/aromatic N) is 4. The second-order valence-electron chi connectivity index (χ2n) is 6.23. The van der Waals surface area contributed by atoms with E-state index in [0.717, 1.165) is 21.3 Å². The maximum Gasteiger partial charge on any atom is 0.214 e. The molecule has 0 atom stereocenters. The Hall–Kier alpha value is -1.67. The molecule has 1 aromatic carbocycles. The van der Waals surface area contributed by atoms with Crippen LogP contribution in [0.1, 0.15) is 6.92 Å².